The van der Waals surface area contributed by atoms with Gasteiger partial charge in [-0.2, -0.15) is 0 Å². The van der Waals surface area contributed by atoms with Gasteiger partial charge in [0, 0.05) is 0 Å². The van der Waals surface area contributed by atoms with Crippen molar-refractivity contribution in [2.45, 2.75) is 19.1 Å². The van der Waals surface area contributed by atoms with Gasteiger partial charge in [0.15, 0.2) is 0 Å². The number of rotatable bonds is 3. The van der Waals surface area contributed by atoms with Gasteiger partial charge in [-0.3, -0.25) is 9.88 Å². The molecule has 0 saturated carbocycles. The number of aliphatic hydroxyl groups excluding tert-OH is 1. The summed E-state index contributed by atoms with van der Waals surface area (Å²) in [6.07, 6.45) is -0.875. The average Bonchev–Trinajstić information content (AvgIpc) is 1.64. The summed E-state index contributed by atoms with van der Waals surface area (Å²) in [6.45, 7) is 1.41. The molecule has 0 fully saturated rings. The number of carboxylic acid groups (broad SMARTS) is 1. The molecule has 5 heteroatoms. The summed E-state index contributed by atoms with van der Waals surface area (Å²) >= 11 is 0. The van der Waals surface area contributed by atoms with Crippen molar-refractivity contribution in [2.24, 2.45) is 0 Å². The zero-order chi connectivity index (χ0) is 7.44. The lowest BCUT2D eigenvalue weighted by Gasteiger charge is -2.12. The van der Waals surface area contributed by atoms with Gasteiger partial charge in [-0.25, -0.2) is 0 Å². The first-order chi connectivity index (χ1) is 4.09. The first-order valence-corrected chi connectivity index (χ1v) is 3.04. The molecule has 0 rings (SSSR count). The van der Waals surface area contributed by atoms with Gasteiger partial charge in [0.1, 0.15) is 6.04 Å². The lowest BCUT2D eigenvalue weighted by Crippen LogP contribution is -2.39. The minimum Gasteiger partial charge on any atom is -0.480 e. The van der Waals surface area contributed by atoms with Crippen LogP contribution in [0.15, 0.2) is 0 Å². The first-order valence-electron chi connectivity index (χ1n) is 2.46. The van der Waals surface area contributed by atoms with Gasteiger partial charge in [-0.05, 0) is 6.92 Å². The lowest BCUT2D eigenvalue weighted by molar-refractivity contribution is -0.141. The number of hydrogen-bond donors (Lipinski definition) is 3. The van der Waals surface area contributed by atoms with Gasteiger partial charge in [0.25, 0.3) is 0 Å². The van der Waals surface area contributed by atoms with Crippen molar-refractivity contribution in [3.05, 3.63) is 0 Å². The molecule has 3 atom stereocenters. The van der Waals surface area contributed by atoms with Crippen LogP contribution < -0.4 is 5.09 Å². The van der Waals surface area contributed by atoms with Crippen molar-refractivity contribution in [1.29, 1.82) is 0 Å². The standard InChI is InChI=1S/C4H10NO3P/c1-2(6)3(5-9)4(7)8/h2-3,5-6H,9H2,1H3,(H,7,8). The molecule has 0 heterocycles. The van der Waals surface area contributed by atoms with Crippen LogP contribution in [0.3, 0.4) is 0 Å². The molecule has 0 aromatic carbocycles. The van der Waals surface area contributed by atoms with Crippen LogP contribution >= 0.6 is 9.39 Å². The van der Waals surface area contributed by atoms with Crippen molar-refractivity contribution in [3.8, 4) is 0 Å². The second-order valence-electron chi connectivity index (χ2n) is 1.72. The molecule has 3 unspecified atom stereocenters. The van der Waals surface area contributed by atoms with E-state index in [1.165, 1.54) is 6.92 Å². The fourth-order valence-electron chi connectivity index (χ4n) is 0.417. The zero-order valence-electron chi connectivity index (χ0n) is 5.03. The summed E-state index contributed by atoms with van der Waals surface area (Å²) in [7, 11) is 2.04. The molecule has 0 spiro atoms. The highest BCUT2D eigenvalue weighted by Gasteiger charge is 2.19. The largest absolute Gasteiger partial charge is 0.480 e. The van der Waals surface area contributed by atoms with Crippen molar-refractivity contribution in [3.63, 3.8) is 0 Å². The van der Waals surface area contributed by atoms with E-state index in [1.54, 1.807) is 0 Å². The molecular weight excluding hydrogens is 141 g/mol. The maximum Gasteiger partial charge on any atom is 0.323 e. The van der Waals surface area contributed by atoms with E-state index in [0.717, 1.165) is 0 Å². The Balaban J connectivity index is 3.83. The van der Waals surface area contributed by atoms with Crippen molar-refractivity contribution < 1.29 is 15.0 Å². The minimum absolute atomic E-state index is 0.875. The van der Waals surface area contributed by atoms with E-state index in [2.05, 4.69) is 5.09 Å². The summed E-state index contributed by atoms with van der Waals surface area (Å²) in [6, 6.07) is -0.894. The van der Waals surface area contributed by atoms with Crippen molar-refractivity contribution in [1.82, 2.24) is 5.09 Å². The Morgan fingerprint density at radius 2 is 2.22 bits per heavy atom. The summed E-state index contributed by atoms with van der Waals surface area (Å²) in [5.74, 6) is -1.06. The van der Waals surface area contributed by atoms with E-state index in [4.69, 9.17) is 10.2 Å². The van der Waals surface area contributed by atoms with Crippen LogP contribution in [-0.2, 0) is 4.79 Å². The Kier molecular flexibility index (Phi) is 3.70. The van der Waals surface area contributed by atoms with Crippen molar-refractivity contribution in [2.75, 3.05) is 0 Å². The molecule has 54 valence electrons. The Bertz CT molecular complexity index is 106. The first kappa shape index (κ1) is 8.82. The quantitative estimate of drug-likeness (QED) is 0.462. The van der Waals surface area contributed by atoms with Crippen LogP contribution in [0.4, 0.5) is 0 Å². The van der Waals surface area contributed by atoms with E-state index >= 15 is 0 Å². The third kappa shape index (κ3) is 2.75. The van der Waals surface area contributed by atoms with Gasteiger partial charge in [0.05, 0.1) is 6.10 Å². The molecule has 0 amide bonds. The second kappa shape index (κ2) is 3.77. The van der Waals surface area contributed by atoms with Gasteiger partial charge >= 0.3 is 5.97 Å². The van der Waals surface area contributed by atoms with Gasteiger partial charge < -0.3 is 10.2 Å². The number of aliphatic hydroxyl groups is 1. The molecular formula is C4H10NO3P. The predicted octanol–water partition coefficient (Wildman–Crippen LogP) is -0.800. The molecule has 0 aliphatic heterocycles. The zero-order valence-corrected chi connectivity index (χ0v) is 6.19. The number of aliphatic carboxylic acids is 1. The van der Waals surface area contributed by atoms with Crippen LogP contribution in [-0.4, -0.2) is 28.3 Å². The SMILES string of the molecule is CC(O)C(NP)C(=O)O. The molecule has 3 N–H and O–H groups in total. The number of carbonyl (C=O) groups is 1. The number of carboxylic acids is 1. The van der Waals surface area contributed by atoms with E-state index in [0.29, 0.717) is 0 Å². The van der Waals surface area contributed by atoms with E-state index in [1.807, 2.05) is 9.39 Å². The van der Waals surface area contributed by atoms with Gasteiger partial charge in [-0.15, -0.1) is 0 Å². The predicted molar refractivity (Wildman–Crippen MR) is 36.0 cm³/mol. The van der Waals surface area contributed by atoms with Crippen LogP contribution in [0.5, 0.6) is 0 Å². The highest BCUT2D eigenvalue weighted by atomic mass is 31.0. The van der Waals surface area contributed by atoms with E-state index in [-0.39, 0.29) is 0 Å². The fraction of sp³-hybridized carbons (Fsp3) is 0.750. The monoisotopic (exact) mass is 151 g/mol. The summed E-state index contributed by atoms with van der Waals surface area (Å²) in [5, 5.41) is 19.4. The topological polar surface area (TPSA) is 69.6 Å². The maximum atomic E-state index is 10.1. The number of nitrogens with one attached hydrogen (secondary N) is 1. The van der Waals surface area contributed by atoms with Crippen LogP contribution in [0.2, 0.25) is 0 Å². The summed E-state index contributed by atoms with van der Waals surface area (Å²) in [4.78, 5) is 10.1. The molecule has 0 bridgehead atoms. The smallest absolute Gasteiger partial charge is 0.323 e. The molecule has 0 radical (unpaired) electrons. The fourth-order valence-corrected chi connectivity index (χ4v) is 0.838. The Labute approximate surface area is 55.5 Å². The molecule has 0 aliphatic rings. The highest BCUT2D eigenvalue weighted by Crippen LogP contribution is 1.93. The molecule has 9 heavy (non-hydrogen) atoms. The van der Waals surface area contributed by atoms with Gasteiger partial charge in [-0.1, -0.05) is 9.39 Å². The molecule has 0 aromatic rings. The van der Waals surface area contributed by atoms with Gasteiger partial charge in [0.2, 0.25) is 0 Å². The normalized spacial score (nSPS) is 16.8. The highest BCUT2D eigenvalue weighted by molar-refractivity contribution is 7.13. The van der Waals surface area contributed by atoms with E-state index < -0.39 is 18.1 Å². The molecule has 0 aliphatic carbocycles. The Hall–Kier alpha value is -0.180. The lowest BCUT2D eigenvalue weighted by atomic mass is 10.2. The molecule has 4 nitrogen and oxygen atoms in total. The molecule has 0 aromatic heterocycles. The second-order valence-corrected chi connectivity index (χ2v) is 2.06. The third-order valence-corrected chi connectivity index (χ3v) is 1.29. The van der Waals surface area contributed by atoms with Crippen LogP contribution in [0, 0.1) is 0 Å². The third-order valence-electron chi connectivity index (χ3n) is 0.928. The van der Waals surface area contributed by atoms with E-state index in [9.17, 15) is 4.79 Å². The van der Waals surface area contributed by atoms with Crippen LogP contribution in [0.25, 0.3) is 0 Å². The Morgan fingerprint density at radius 3 is 2.22 bits per heavy atom. The summed E-state index contributed by atoms with van der Waals surface area (Å²) in [5.41, 5.74) is 0. The Morgan fingerprint density at radius 1 is 1.78 bits per heavy atom. The average molecular weight is 151 g/mol. The van der Waals surface area contributed by atoms with Crippen LogP contribution in [0.1, 0.15) is 6.92 Å². The molecule has 0 saturated heterocycles. The maximum absolute atomic E-state index is 10.1. The summed E-state index contributed by atoms with van der Waals surface area (Å²) < 4.78 is 0. The minimum atomic E-state index is -1.06. The number of hydrogen-bond acceptors (Lipinski definition) is 3. The van der Waals surface area contributed by atoms with Crippen molar-refractivity contribution >= 4 is 15.4 Å².